The molecule has 0 spiro atoms. The minimum atomic E-state index is -0.870. The molecule has 0 unspecified atom stereocenters. The number of halogens is 2. The van der Waals surface area contributed by atoms with E-state index in [2.05, 4.69) is 15.2 Å². The molecule has 3 aliphatic heterocycles. The molecule has 2 fully saturated rings. The highest BCUT2D eigenvalue weighted by molar-refractivity contribution is 7.11. The molecule has 3 aromatic rings. The van der Waals surface area contributed by atoms with Crippen LogP contribution in [0, 0.1) is 5.82 Å². The number of fused-ring (bicyclic) bond motifs is 1. The van der Waals surface area contributed by atoms with Crippen LogP contribution >= 0.6 is 22.9 Å². The van der Waals surface area contributed by atoms with E-state index in [9.17, 15) is 23.6 Å². The molecule has 238 valence electrons. The van der Waals surface area contributed by atoms with Gasteiger partial charge in [-0.1, -0.05) is 17.7 Å². The average molecular weight is 665 g/mol. The summed E-state index contributed by atoms with van der Waals surface area (Å²) in [6.45, 7) is 3.67. The lowest BCUT2D eigenvalue weighted by Gasteiger charge is -2.38. The Kier molecular flexibility index (Phi) is 8.98. The van der Waals surface area contributed by atoms with E-state index in [0.29, 0.717) is 66.1 Å². The first-order valence-electron chi connectivity index (χ1n) is 14.6. The minimum Gasteiger partial charge on any atom is -0.466 e. The van der Waals surface area contributed by atoms with Gasteiger partial charge in [0.15, 0.2) is 16.6 Å². The van der Waals surface area contributed by atoms with Gasteiger partial charge in [-0.05, 0) is 43.3 Å². The molecule has 0 aliphatic carbocycles. The Labute approximate surface area is 273 Å². The Balaban J connectivity index is 1.24. The smallest absolute Gasteiger partial charge is 0.338 e. The van der Waals surface area contributed by atoms with Crippen LogP contribution < -0.4 is 10.2 Å². The predicted octanol–water partition coefficient (Wildman–Crippen LogP) is 4.24. The summed E-state index contributed by atoms with van der Waals surface area (Å²) in [4.78, 5) is 65.1. The number of Topliss-reactive ketones (excluding diaryl/α,β-unsaturated/α-hetero) is 2. The zero-order chi connectivity index (χ0) is 32.5. The number of nitrogens with one attached hydrogen (secondary N) is 1. The fraction of sp³-hybridized carbons (Fsp3) is 0.312. The molecule has 11 nitrogen and oxygen atoms in total. The topological polar surface area (TPSA) is 125 Å². The summed E-state index contributed by atoms with van der Waals surface area (Å²) in [6.07, 6.45) is 1.49. The Hall–Kier alpha value is -4.46. The summed E-state index contributed by atoms with van der Waals surface area (Å²) in [5.41, 5.74) is 2.34. The summed E-state index contributed by atoms with van der Waals surface area (Å²) >= 11 is 7.85. The molecule has 6 rings (SSSR count). The fourth-order valence-electron chi connectivity index (χ4n) is 5.98. The van der Waals surface area contributed by atoms with Crippen molar-refractivity contribution in [2.75, 3.05) is 44.7 Å². The first-order valence-corrected chi connectivity index (χ1v) is 15.8. The van der Waals surface area contributed by atoms with Crippen molar-refractivity contribution in [3.8, 4) is 0 Å². The van der Waals surface area contributed by atoms with E-state index >= 15 is 0 Å². The van der Waals surface area contributed by atoms with E-state index in [0.717, 1.165) is 0 Å². The Morgan fingerprint density at radius 2 is 1.91 bits per heavy atom. The Morgan fingerprint density at radius 1 is 1.13 bits per heavy atom. The summed E-state index contributed by atoms with van der Waals surface area (Å²) in [5, 5.41) is 5.86. The second-order valence-electron chi connectivity index (χ2n) is 11.2. The van der Waals surface area contributed by atoms with Gasteiger partial charge in [-0.2, -0.15) is 0 Å². The molecular formula is C32H30ClFN6O5S. The van der Waals surface area contributed by atoms with Gasteiger partial charge in [-0.15, -0.1) is 11.3 Å². The maximum absolute atomic E-state index is 14.0. The van der Waals surface area contributed by atoms with Gasteiger partial charge in [0.25, 0.3) is 0 Å². The third kappa shape index (κ3) is 6.30. The van der Waals surface area contributed by atoms with Crippen molar-refractivity contribution in [3.05, 3.63) is 92.3 Å². The van der Waals surface area contributed by atoms with Crippen molar-refractivity contribution in [2.45, 2.75) is 25.4 Å². The Morgan fingerprint density at radius 3 is 2.59 bits per heavy atom. The van der Waals surface area contributed by atoms with E-state index in [1.807, 2.05) is 10.3 Å². The number of piperazine rings is 1. The van der Waals surface area contributed by atoms with Crippen molar-refractivity contribution in [1.82, 2.24) is 20.1 Å². The quantitative estimate of drug-likeness (QED) is 0.205. The van der Waals surface area contributed by atoms with E-state index < -0.39 is 17.8 Å². The van der Waals surface area contributed by atoms with Crippen molar-refractivity contribution in [3.63, 3.8) is 0 Å². The number of carbonyl (C=O) groups excluding carboxylic acids is 4. The number of methoxy groups -OCH3 is 1. The van der Waals surface area contributed by atoms with Crippen LogP contribution in [0.3, 0.4) is 0 Å². The van der Waals surface area contributed by atoms with Crippen LogP contribution in [-0.4, -0.2) is 90.1 Å². The standard InChI is InChI=1S/C32H30ClFN6O5S/c1-18(41)13-26(42)19-3-6-21(7-4-19)40-16-22-15-38(10-11-39(22)32(40)44)17-25-27(31(43)45-2)28(23-8-5-20(34)14-24(23)33)37-29(36-25)30-35-9-12-46-30/h3-9,12,14,22,28H,10-11,13,15-17H2,1-2H3,(H,36,37)/t22-,28-/m0/s1. The number of nitrogens with zero attached hydrogens (tertiary/aromatic N) is 5. The number of ketones is 2. The zero-order valence-corrected chi connectivity index (χ0v) is 26.6. The van der Waals surface area contributed by atoms with Crippen LogP contribution in [0.15, 0.2) is 70.3 Å². The fourth-order valence-corrected chi connectivity index (χ4v) is 6.84. The highest BCUT2D eigenvalue weighted by Gasteiger charge is 2.42. The number of ether oxygens (including phenoxy) is 1. The number of hydrogen-bond donors (Lipinski definition) is 1. The number of aliphatic imine (C=N–C) groups is 1. The number of amidine groups is 1. The minimum absolute atomic E-state index is 0.123. The lowest BCUT2D eigenvalue weighted by atomic mass is 9.95. The number of carbonyl (C=O) groups is 4. The molecule has 0 saturated carbocycles. The van der Waals surface area contributed by atoms with Crippen LogP contribution in [0.1, 0.15) is 40.3 Å². The van der Waals surface area contributed by atoms with Gasteiger partial charge in [-0.3, -0.25) is 24.4 Å². The Bertz CT molecular complexity index is 1760. The highest BCUT2D eigenvalue weighted by atomic mass is 35.5. The number of aromatic nitrogens is 1. The number of hydrogen-bond acceptors (Lipinski definition) is 10. The van der Waals surface area contributed by atoms with Crippen molar-refractivity contribution in [2.24, 2.45) is 4.99 Å². The zero-order valence-electron chi connectivity index (χ0n) is 25.0. The number of benzene rings is 2. The summed E-state index contributed by atoms with van der Waals surface area (Å²) in [5.74, 6) is -1.12. The second kappa shape index (κ2) is 13.1. The van der Waals surface area contributed by atoms with Crippen LogP contribution in [0.2, 0.25) is 5.02 Å². The summed E-state index contributed by atoms with van der Waals surface area (Å²) in [6, 6.07) is 9.58. The highest BCUT2D eigenvalue weighted by Crippen LogP contribution is 2.37. The molecule has 2 saturated heterocycles. The van der Waals surface area contributed by atoms with E-state index in [-0.39, 0.29) is 40.7 Å². The van der Waals surface area contributed by atoms with Crippen LogP contribution in [0.4, 0.5) is 14.9 Å². The van der Waals surface area contributed by atoms with Crippen LogP contribution in [0.25, 0.3) is 0 Å². The molecule has 46 heavy (non-hydrogen) atoms. The number of amides is 2. The maximum Gasteiger partial charge on any atom is 0.338 e. The van der Waals surface area contributed by atoms with E-state index in [4.69, 9.17) is 21.3 Å². The van der Waals surface area contributed by atoms with E-state index in [1.54, 1.807) is 35.4 Å². The SMILES string of the molecule is COC(=O)C1=C(CN2CCN3C(=O)N(c4ccc(C(=O)CC(C)=O)cc4)C[C@@H]3C2)NC(c2nccs2)=N[C@H]1c1ccc(F)cc1Cl. The molecular weight excluding hydrogens is 635 g/mol. The summed E-state index contributed by atoms with van der Waals surface area (Å²) in [7, 11) is 1.29. The molecule has 1 N–H and O–H groups in total. The maximum atomic E-state index is 14.0. The molecule has 3 aliphatic rings. The molecule has 2 atom stereocenters. The number of urea groups is 1. The normalized spacial score (nSPS) is 19.9. The van der Waals surface area contributed by atoms with Gasteiger partial charge in [0.05, 0.1) is 25.1 Å². The first-order chi connectivity index (χ1) is 22.1. The van der Waals surface area contributed by atoms with Crippen LogP contribution in [-0.2, 0) is 14.3 Å². The average Bonchev–Trinajstić information content (AvgIpc) is 3.69. The largest absolute Gasteiger partial charge is 0.466 e. The first kappa shape index (κ1) is 31.5. The molecule has 0 bridgehead atoms. The lowest BCUT2D eigenvalue weighted by Crippen LogP contribution is -2.53. The third-order valence-electron chi connectivity index (χ3n) is 8.15. The molecule has 2 amide bonds. The molecule has 4 heterocycles. The molecule has 1 aromatic heterocycles. The molecule has 2 aromatic carbocycles. The van der Waals surface area contributed by atoms with Crippen molar-refractivity contribution >= 4 is 58.0 Å². The van der Waals surface area contributed by atoms with E-state index in [1.165, 1.54) is 43.6 Å². The number of esters is 1. The van der Waals surface area contributed by atoms with Crippen molar-refractivity contribution < 1.29 is 28.3 Å². The summed E-state index contributed by atoms with van der Waals surface area (Å²) < 4.78 is 19.2. The van der Waals surface area contributed by atoms with Gasteiger partial charge >= 0.3 is 12.0 Å². The van der Waals surface area contributed by atoms with Gasteiger partial charge in [0.2, 0.25) is 0 Å². The molecule has 0 radical (unpaired) electrons. The van der Waals surface area contributed by atoms with Gasteiger partial charge < -0.3 is 15.0 Å². The second-order valence-corrected chi connectivity index (χ2v) is 12.5. The number of thiazole rings is 1. The third-order valence-corrected chi connectivity index (χ3v) is 9.26. The van der Waals surface area contributed by atoms with Gasteiger partial charge in [0, 0.05) is 71.8 Å². The molecule has 14 heteroatoms. The predicted molar refractivity (Wildman–Crippen MR) is 171 cm³/mol. The number of rotatable bonds is 9. The number of anilines is 1. The lowest BCUT2D eigenvalue weighted by molar-refractivity contribution is -0.136. The van der Waals surface area contributed by atoms with Gasteiger partial charge in [-0.25, -0.2) is 19.0 Å². The monoisotopic (exact) mass is 664 g/mol. The van der Waals surface area contributed by atoms with Crippen LogP contribution in [0.5, 0.6) is 0 Å². The van der Waals surface area contributed by atoms with Crippen molar-refractivity contribution in [1.29, 1.82) is 0 Å². The van der Waals surface area contributed by atoms with Gasteiger partial charge in [0.1, 0.15) is 17.6 Å².